The summed E-state index contributed by atoms with van der Waals surface area (Å²) in [6, 6.07) is 16.9. The molecule has 5 heteroatoms. The molecular weight excluding hydrogens is 408 g/mol. The molecule has 31 heavy (non-hydrogen) atoms. The maximum atomic E-state index is 12.7. The van der Waals surface area contributed by atoms with Crippen LogP contribution in [-0.2, 0) is 22.4 Å². The van der Waals surface area contributed by atoms with Crippen molar-refractivity contribution in [3.05, 3.63) is 77.9 Å². The molecule has 0 bridgehead atoms. The van der Waals surface area contributed by atoms with E-state index >= 15 is 0 Å². The van der Waals surface area contributed by atoms with Crippen LogP contribution >= 0.6 is 12.4 Å². The monoisotopic (exact) mass is 438 g/mol. The fourth-order valence-electron chi connectivity index (χ4n) is 4.69. The van der Waals surface area contributed by atoms with Crippen LogP contribution in [0.1, 0.15) is 48.3 Å². The molecule has 164 valence electrons. The van der Waals surface area contributed by atoms with Crippen molar-refractivity contribution in [3.63, 3.8) is 0 Å². The third-order valence-corrected chi connectivity index (χ3v) is 6.40. The van der Waals surface area contributed by atoms with Gasteiger partial charge < -0.3 is 9.80 Å². The van der Waals surface area contributed by atoms with Gasteiger partial charge in [-0.3, -0.25) is 9.59 Å². The van der Waals surface area contributed by atoms with Crippen LogP contribution in [0.2, 0.25) is 0 Å². The Morgan fingerprint density at radius 1 is 1.06 bits per heavy atom. The van der Waals surface area contributed by atoms with Gasteiger partial charge in [0, 0.05) is 38.2 Å². The summed E-state index contributed by atoms with van der Waals surface area (Å²) >= 11 is 0. The van der Waals surface area contributed by atoms with E-state index in [-0.39, 0.29) is 24.2 Å². The Kier molecular flexibility index (Phi) is 7.91. The summed E-state index contributed by atoms with van der Waals surface area (Å²) in [7, 11) is 0. The molecule has 4 rings (SSSR count). The van der Waals surface area contributed by atoms with Crippen LogP contribution in [0.5, 0.6) is 0 Å². The lowest BCUT2D eigenvalue weighted by Crippen LogP contribution is -2.38. The maximum Gasteiger partial charge on any atom is 0.227 e. The normalized spacial score (nSPS) is 16.5. The van der Waals surface area contributed by atoms with Gasteiger partial charge in [0.1, 0.15) is 0 Å². The van der Waals surface area contributed by atoms with E-state index in [4.69, 9.17) is 0 Å². The van der Waals surface area contributed by atoms with Gasteiger partial charge in [-0.1, -0.05) is 48.5 Å². The lowest BCUT2D eigenvalue weighted by Gasteiger charge is -2.32. The smallest absolute Gasteiger partial charge is 0.227 e. The molecule has 4 nitrogen and oxygen atoms in total. The molecule has 0 unspecified atom stereocenters. The number of benzene rings is 2. The highest BCUT2D eigenvalue weighted by molar-refractivity contribution is 5.96. The number of aryl methyl sites for hydroxylation is 2. The van der Waals surface area contributed by atoms with Gasteiger partial charge in [0.15, 0.2) is 0 Å². The molecule has 0 radical (unpaired) electrons. The van der Waals surface area contributed by atoms with Gasteiger partial charge in [-0.05, 0) is 54.4 Å². The van der Waals surface area contributed by atoms with Gasteiger partial charge in [-0.2, -0.15) is 0 Å². The minimum absolute atomic E-state index is 0. The molecule has 1 saturated heterocycles. The number of halogens is 1. The summed E-state index contributed by atoms with van der Waals surface area (Å²) in [4.78, 5) is 28.7. The molecule has 2 amide bonds. The van der Waals surface area contributed by atoms with Crippen molar-refractivity contribution in [2.75, 3.05) is 24.5 Å². The van der Waals surface area contributed by atoms with Crippen LogP contribution in [0.25, 0.3) is 0 Å². The van der Waals surface area contributed by atoms with Gasteiger partial charge in [-0.25, -0.2) is 0 Å². The van der Waals surface area contributed by atoms with Crippen molar-refractivity contribution in [2.45, 2.75) is 44.4 Å². The molecule has 0 atom stereocenters. The van der Waals surface area contributed by atoms with Crippen LogP contribution < -0.4 is 4.90 Å². The number of rotatable bonds is 6. The second-order valence-electron chi connectivity index (χ2n) is 8.32. The number of likely N-dealkylation sites (tertiary alicyclic amines) is 1. The van der Waals surface area contributed by atoms with Crippen molar-refractivity contribution < 1.29 is 9.59 Å². The number of fused-ring (bicyclic) bond motifs is 1. The number of hydrogen-bond acceptors (Lipinski definition) is 2. The number of anilines is 1. The Balaban J connectivity index is 0.00000272. The topological polar surface area (TPSA) is 40.6 Å². The zero-order valence-corrected chi connectivity index (χ0v) is 18.8. The van der Waals surface area contributed by atoms with Crippen LogP contribution in [0.3, 0.4) is 0 Å². The number of piperidine rings is 1. The van der Waals surface area contributed by atoms with Crippen LogP contribution in [0.15, 0.2) is 61.2 Å². The molecule has 0 aliphatic carbocycles. The Morgan fingerprint density at radius 2 is 1.81 bits per heavy atom. The summed E-state index contributed by atoms with van der Waals surface area (Å²) in [6.45, 7) is 6.00. The largest absolute Gasteiger partial charge is 0.343 e. The molecule has 2 aliphatic heterocycles. The highest BCUT2D eigenvalue weighted by Gasteiger charge is 2.25. The zero-order valence-electron chi connectivity index (χ0n) is 18.0. The number of carbonyl (C=O) groups excluding carboxylic acids is 2. The highest BCUT2D eigenvalue weighted by atomic mass is 35.5. The first-order valence-electron chi connectivity index (χ1n) is 11.0. The first kappa shape index (κ1) is 23.1. The number of amides is 2. The van der Waals surface area contributed by atoms with Crippen LogP contribution in [0, 0.1) is 0 Å². The summed E-state index contributed by atoms with van der Waals surface area (Å²) in [5.41, 5.74) is 4.76. The number of hydrogen-bond donors (Lipinski definition) is 0. The fraction of sp³-hybridized carbons (Fsp3) is 0.385. The SMILES string of the molecule is C=CCN1C(=O)CCc2cc(CCC(=O)N3CCC(c4ccccc4)CC3)ccc21.Cl. The average Bonchev–Trinajstić information content (AvgIpc) is 2.80. The minimum atomic E-state index is 0. The second kappa shape index (κ2) is 10.6. The number of carbonyl (C=O) groups is 2. The average molecular weight is 439 g/mol. The molecule has 0 saturated carbocycles. The summed E-state index contributed by atoms with van der Waals surface area (Å²) in [5.74, 6) is 0.976. The van der Waals surface area contributed by atoms with Crippen LogP contribution in [-0.4, -0.2) is 36.3 Å². The maximum absolute atomic E-state index is 12.7. The summed E-state index contributed by atoms with van der Waals surface area (Å²) in [6.07, 6.45) is 6.46. The quantitative estimate of drug-likeness (QED) is 0.601. The van der Waals surface area contributed by atoms with E-state index in [0.29, 0.717) is 25.3 Å². The molecule has 0 spiro atoms. The molecule has 1 fully saturated rings. The van der Waals surface area contributed by atoms with Gasteiger partial charge >= 0.3 is 0 Å². The Morgan fingerprint density at radius 3 is 2.52 bits per heavy atom. The highest BCUT2D eigenvalue weighted by Crippen LogP contribution is 2.30. The second-order valence-corrected chi connectivity index (χ2v) is 8.32. The van der Waals surface area contributed by atoms with Gasteiger partial charge in [0.25, 0.3) is 0 Å². The van der Waals surface area contributed by atoms with Crippen molar-refractivity contribution in [1.82, 2.24) is 4.90 Å². The number of nitrogens with zero attached hydrogens (tertiary/aromatic N) is 2. The molecule has 2 aliphatic rings. The standard InChI is InChI=1S/C26H30N2O2.ClH/c1-2-16-28-24-11-8-20(19-23(24)10-13-26(28)30)9-12-25(29)27-17-14-22(15-18-27)21-6-4-3-5-7-21;/h2-8,11,19,22H,1,9-10,12-18H2;1H. The third-order valence-electron chi connectivity index (χ3n) is 6.40. The lowest BCUT2D eigenvalue weighted by molar-refractivity contribution is -0.132. The predicted molar refractivity (Wildman–Crippen MR) is 128 cm³/mol. The molecule has 2 heterocycles. The summed E-state index contributed by atoms with van der Waals surface area (Å²) in [5, 5.41) is 0. The Labute approximate surface area is 191 Å². The predicted octanol–water partition coefficient (Wildman–Crippen LogP) is 4.91. The van der Waals surface area contributed by atoms with E-state index in [1.54, 1.807) is 11.0 Å². The molecule has 0 aromatic heterocycles. The van der Waals surface area contributed by atoms with E-state index in [2.05, 4.69) is 49.0 Å². The van der Waals surface area contributed by atoms with Gasteiger partial charge in [0.2, 0.25) is 11.8 Å². The minimum Gasteiger partial charge on any atom is -0.343 e. The van der Waals surface area contributed by atoms with Crippen LogP contribution in [0.4, 0.5) is 5.69 Å². The van der Waals surface area contributed by atoms with Gasteiger partial charge in [0.05, 0.1) is 0 Å². The van der Waals surface area contributed by atoms with Crippen molar-refractivity contribution in [3.8, 4) is 0 Å². The molecular formula is C26H31ClN2O2. The lowest BCUT2D eigenvalue weighted by atomic mass is 9.89. The molecule has 0 N–H and O–H groups in total. The van der Waals surface area contributed by atoms with E-state index < -0.39 is 0 Å². The Bertz CT molecular complexity index is 920. The van der Waals surface area contributed by atoms with E-state index in [0.717, 1.165) is 44.5 Å². The Hall–Kier alpha value is -2.59. The first-order valence-corrected chi connectivity index (χ1v) is 11.0. The molecule has 2 aromatic carbocycles. The van der Waals surface area contributed by atoms with E-state index in [1.807, 2.05) is 11.0 Å². The summed E-state index contributed by atoms with van der Waals surface area (Å²) < 4.78 is 0. The van der Waals surface area contributed by atoms with Crippen molar-refractivity contribution in [1.29, 1.82) is 0 Å². The van der Waals surface area contributed by atoms with Gasteiger partial charge in [-0.15, -0.1) is 19.0 Å². The first-order chi connectivity index (χ1) is 14.7. The van der Waals surface area contributed by atoms with Crippen molar-refractivity contribution >= 4 is 29.9 Å². The van der Waals surface area contributed by atoms with E-state index in [9.17, 15) is 9.59 Å². The molecule has 2 aromatic rings. The van der Waals surface area contributed by atoms with Crippen molar-refractivity contribution in [2.24, 2.45) is 0 Å². The van der Waals surface area contributed by atoms with E-state index in [1.165, 1.54) is 16.7 Å². The fourth-order valence-corrected chi connectivity index (χ4v) is 4.69. The third kappa shape index (κ3) is 5.37. The zero-order chi connectivity index (χ0) is 20.9.